The molecule has 3 aliphatic rings. The summed E-state index contributed by atoms with van der Waals surface area (Å²) in [5, 5.41) is 0. The maximum Gasteiger partial charge on any atom is 0.156 e. The molecule has 0 saturated heterocycles. The Balaban J connectivity index is 1.67. The van der Waals surface area contributed by atoms with Crippen LogP contribution < -0.4 is 4.74 Å². The minimum absolute atomic E-state index is 0.122. The highest BCUT2D eigenvalue weighted by Crippen LogP contribution is 2.61. The number of ether oxygens (including phenoxy) is 1. The van der Waals surface area contributed by atoms with E-state index in [1.165, 1.54) is 18.4 Å². The second-order valence-electron chi connectivity index (χ2n) is 7.85. The first kappa shape index (κ1) is 15.0. The van der Waals surface area contributed by atoms with Gasteiger partial charge in [-0.15, -0.1) is 0 Å². The van der Waals surface area contributed by atoms with Crippen molar-refractivity contribution >= 4 is 5.78 Å². The smallest absolute Gasteiger partial charge is 0.156 e. The van der Waals surface area contributed by atoms with E-state index in [-0.39, 0.29) is 11.2 Å². The molecule has 4 atom stereocenters. The highest BCUT2D eigenvalue weighted by Gasteiger charge is 2.52. The highest BCUT2D eigenvalue weighted by molar-refractivity contribution is 5.95. The van der Waals surface area contributed by atoms with Gasteiger partial charge in [0, 0.05) is 0 Å². The Bertz CT molecular complexity index is 687. The maximum absolute atomic E-state index is 12.1. The SMILES string of the molecule is COc1ccc2c(c1)CC[C@@H]1[C@@H]2CC[C@]2(C)C(C(C)=O)=CC[C@@H]12. The van der Waals surface area contributed by atoms with E-state index < -0.39 is 0 Å². The third-order valence-electron chi connectivity index (χ3n) is 6.89. The molecular weight excluding hydrogens is 284 g/mol. The lowest BCUT2D eigenvalue weighted by molar-refractivity contribution is -0.115. The van der Waals surface area contributed by atoms with Crippen molar-refractivity contribution in [2.45, 2.75) is 51.9 Å². The molecule has 0 radical (unpaired) electrons. The summed E-state index contributed by atoms with van der Waals surface area (Å²) in [4.78, 5) is 12.1. The molecule has 2 nitrogen and oxygen atoms in total. The van der Waals surface area contributed by atoms with Crippen LogP contribution in [0.2, 0.25) is 0 Å². The molecule has 2 heteroatoms. The van der Waals surface area contributed by atoms with Crippen molar-refractivity contribution in [3.05, 3.63) is 41.0 Å². The number of aryl methyl sites for hydroxylation is 1. The average Bonchev–Trinajstić information content (AvgIpc) is 2.91. The van der Waals surface area contributed by atoms with Crippen molar-refractivity contribution in [3.8, 4) is 5.75 Å². The number of benzene rings is 1. The number of allylic oxidation sites excluding steroid dienone is 2. The molecule has 3 aliphatic carbocycles. The van der Waals surface area contributed by atoms with Gasteiger partial charge >= 0.3 is 0 Å². The molecule has 1 aromatic carbocycles. The largest absolute Gasteiger partial charge is 0.497 e. The summed E-state index contributed by atoms with van der Waals surface area (Å²) in [7, 11) is 1.74. The lowest BCUT2D eigenvalue weighted by atomic mass is 9.54. The van der Waals surface area contributed by atoms with Crippen molar-refractivity contribution < 1.29 is 9.53 Å². The van der Waals surface area contributed by atoms with Crippen molar-refractivity contribution in [3.63, 3.8) is 0 Å². The highest BCUT2D eigenvalue weighted by atomic mass is 16.5. The minimum Gasteiger partial charge on any atom is -0.497 e. The predicted octanol–water partition coefficient (Wildman–Crippen LogP) is 4.68. The molecule has 0 N–H and O–H groups in total. The maximum atomic E-state index is 12.1. The monoisotopic (exact) mass is 310 g/mol. The van der Waals surface area contributed by atoms with Crippen molar-refractivity contribution in [2.24, 2.45) is 17.3 Å². The van der Waals surface area contributed by atoms with E-state index in [0.717, 1.165) is 36.5 Å². The van der Waals surface area contributed by atoms with Gasteiger partial charge in [0.05, 0.1) is 7.11 Å². The van der Waals surface area contributed by atoms with Gasteiger partial charge in [-0.25, -0.2) is 0 Å². The molecule has 23 heavy (non-hydrogen) atoms. The van der Waals surface area contributed by atoms with Crippen LogP contribution in [0, 0.1) is 17.3 Å². The van der Waals surface area contributed by atoms with Crippen LogP contribution in [0.3, 0.4) is 0 Å². The van der Waals surface area contributed by atoms with Crippen molar-refractivity contribution in [1.82, 2.24) is 0 Å². The molecule has 0 spiro atoms. The summed E-state index contributed by atoms with van der Waals surface area (Å²) in [6.07, 6.45) is 8.11. The zero-order chi connectivity index (χ0) is 16.2. The van der Waals surface area contributed by atoms with Gasteiger partial charge in [-0.3, -0.25) is 4.79 Å². The van der Waals surface area contributed by atoms with Gasteiger partial charge in [-0.1, -0.05) is 19.1 Å². The zero-order valence-electron chi connectivity index (χ0n) is 14.4. The molecule has 122 valence electrons. The second-order valence-corrected chi connectivity index (χ2v) is 7.85. The molecule has 0 amide bonds. The molecule has 1 saturated carbocycles. The Hall–Kier alpha value is -1.57. The number of methoxy groups -OCH3 is 1. The Morgan fingerprint density at radius 2 is 2.13 bits per heavy atom. The molecule has 1 fully saturated rings. The number of Topliss-reactive ketones (excluding diaryl/α,β-unsaturated/α-hetero) is 1. The Morgan fingerprint density at radius 1 is 1.30 bits per heavy atom. The van der Waals surface area contributed by atoms with Crippen LogP contribution in [0.1, 0.15) is 56.6 Å². The van der Waals surface area contributed by atoms with Crippen molar-refractivity contribution in [1.29, 1.82) is 0 Å². The molecule has 0 aromatic heterocycles. The summed E-state index contributed by atoms with van der Waals surface area (Å²) in [6.45, 7) is 4.09. The Kier molecular flexibility index (Phi) is 3.40. The first-order chi connectivity index (χ1) is 11.0. The number of hydrogen-bond donors (Lipinski definition) is 0. The third kappa shape index (κ3) is 2.10. The number of ketones is 1. The summed E-state index contributed by atoms with van der Waals surface area (Å²) < 4.78 is 5.40. The van der Waals surface area contributed by atoms with Gasteiger partial charge in [-0.2, -0.15) is 0 Å². The fraction of sp³-hybridized carbons (Fsp3) is 0.571. The first-order valence-electron chi connectivity index (χ1n) is 8.93. The van der Waals surface area contributed by atoms with E-state index in [0.29, 0.717) is 11.8 Å². The van der Waals surface area contributed by atoms with Gasteiger partial charge in [-0.05, 0) is 91.0 Å². The Morgan fingerprint density at radius 3 is 2.87 bits per heavy atom. The zero-order valence-corrected chi connectivity index (χ0v) is 14.4. The molecule has 0 aliphatic heterocycles. The lowest BCUT2D eigenvalue weighted by Gasteiger charge is -2.50. The second kappa shape index (κ2) is 5.22. The van der Waals surface area contributed by atoms with Gasteiger partial charge in [0.15, 0.2) is 5.78 Å². The molecule has 4 rings (SSSR count). The van der Waals surface area contributed by atoms with Crippen LogP contribution in [0.15, 0.2) is 29.8 Å². The van der Waals surface area contributed by atoms with E-state index in [1.54, 1.807) is 19.6 Å². The molecule has 0 heterocycles. The van der Waals surface area contributed by atoms with Crippen LogP contribution in [-0.4, -0.2) is 12.9 Å². The van der Waals surface area contributed by atoms with Gasteiger partial charge in [0.25, 0.3) is 0 Å². The standard InChI is InChI=1S/C21H26O2/c1-13(22)19-8-9-20-18-6-4-14-12-15(23-3)5-7-16(14)17(18)10-11-21(19,20)2/h5,7-8,12,17-18,20H,4,6,9-11H2,1-3H3/t17-,18-,20+,21-/m1/s1. The molecule has 0 bridgehead atoms. The fourth-order valence-electron chi connectivity index (χ4n) is 5.80. The third-order valence-corrected chi connectivity index (χ3v) is 6.89. The number of carbonyl (C=O) groups excluding carboxylic acids is 1. The predicted molar refractivity (Wildman–Crippen MR) is 91.8 cm³/mol. The Labute approximate surface area is 138 Å². The normalized spacial score (nSPS) is 34.9. The van der Waals surface area contributed by atoms with Gasteiger partial charge in [0.2, 0.25) is 0 Å². The van der Waals surface area contributed by atoms with Gasteiger partial charge in [0.1, 0.15) is 5.75 Å². The van der Waals surface area contributed by atoms with E-state index in [4.69, 9.17) is 4.74 Å². The molecule has 0 unspecified atom stereocenters. The van der Waals surface area contributed by atoms with Crippen LogP contribution in [0.4, 0.5) is 0 Å². The summed E-state index contributed by atoms with van der Waals surface area (Å²) >= 11 is 0. The van der Waals surface area contributed by atoms with Crippen LogP contribution in [0.5, 0.6) is 5.75 Å². The number of rotatable bonds is 2. The average molecular weight is 310 g/mol. The number of hydrogen-bond acceptors (Lipinski definition) is 2. The summed E-state index contributed by atoms with van der Waals surface area (Å²) in [5.41, 5.74) is 4.26. The quantitative estimate of drug-likeness (QED) is 0.793. The van der Waals surface area contributed by atoms with E-state index in [9.17, 15) is 4.79 Å². The minimum atomic E-state index is 0.122. The van der Waals surface area contributed by atoms with E-state index in [1.807, 2.05) is 0 Å². The van der Waals surface area contributed by atoms with Crippen LogP contribution in [-0.2, 0) is 11.2 Å². The van der Waals surface area contributed by atoms with Crippen LogP contribution >= 0.6 is 0 Å². The number of fused-ring (bicyclic) bond motifs is 5. The first-order valence-corrected chi connectivity index (χ1v) is 8.93. The fourth-order valence-corrected chi connectivity index (χ4v) is 5.80. The lowest BCUT2D eigenvalue weighted by Crippen LogP contribution is -2.42. The van der Waals surface area contributed by atoms with Crippen LogP contribution in [0.25, 0.3) is 0 Å². The van der Waals surface area contributed by atoms with Crippen molar-refractivity contribution in [2.75, 3.05) is 7.11 Å². The molecular formula is C21H26O2. The van der Waals surface area contributed by atoms with E-state index in [2.05, 4.69) is 31.2 Å². The summed E-state index contributed by atoms with van der Waals surface area (Å²) in [5.74, 6) is 3.30. The van der Waals surface area contributed by atoms with Gasteiger partial charge < -0.3 is 4.74 Å². The van der Waals surface area contributed by atoms with E-state index >= 15 is 0 Å². The number of carbonyl (C=O) groups is 1. The topological polar surface area (TPSA) is 26.3 Å². The molecule has 1 aromatic rings. The summed E-state index contributed by atoms with van der Waals surface area (Å²) in [6, 6.07) is 6.64.